The van der Waals surface area contributed by atoms with Gasteiger partial charge in [-0.05, 0) is 32.6 Å². The fourth-order valence-electron chi connectivity index (χ4n) is 3.73. The van der Waals surface area contributed by atoms with E-state index in [1.165, 1.54) is 7.11 Å². The standard InChI is InChI=1S/C19H33N3O4S/c1-3-22(12-8-4-5-11-17(24)26-2)16(23)10-7-6-9-15-18-14(13-27-15)20-19(25)21-18/h14-15,18H,3-13H2,1-2H3,(H2,20,21,25)/t14-,15-,18-/m0/s1. The van der Waals surface area contributed by atoms with Gasteiger partial charge in [-0.25, -0.2) is 4.79 Å². The highest BCUT2D eigenvalue weighted by Gasteiger charge is 2.42. The van der Waals surface area contributed by atoms with Gasteiger partial charge in [0.15, 0.2) is 0 Å². The summed E-state index contributed by atoms with van der Waals surface area (Å²) in [6, 6.07) is 0.467. The molecule has 27 heavy (non-hydrogen) atoms. The zero-order chi connectivity index (χ0) is 19.6. The first-order chi connectivity index (χ1) is 13.0. The quantitative estimate of drug-likeness (QED) is 0.299. The number of nitrogens with one attached hydrogen (secondary N) is 2. The van der Waals surface area contributed by atoms with Crippen LogP contribution in [-0.2, 0) is 14.3 Å². The second-order valence-electron chi connectivity index (χ2n) is 7.23. The third-order valence-corrected chi connectivity index (χ3v) is 6.85. The van der Waals surface area contributed by atoms with Crippen LogP contribution in [0.5, 0.6) is 0 Å². The molecule has 154 valence electrons. The highest BCUT2D eigenvalue weighted by molar-refractivity contribution is 8.00. The number of hydrogen-bond donors (Lipinski definition) is 2. The van der Waals surface area contributed by atoms with Gasteiger partial charge in [-0.15, -0.1) is 0 Å². The number of unbranched alkanes of at least 4 members (excludes halogenated alkanes) is 3. The number of rotatable bonds is 12. The molecule has 0 saturated carbocycles. The van der Waals surface area contributed by atoms with Crippen LogP contribution in [0.25, 0.3) is 0 Å². The summed E-state index contributed by atoms with van der Waals surface area (Å²) in [5, 5.41) is 6.43. The first-order valence-corrected chi connectivity index (χ1v) is 11.1. The Morgan fingerprint density at radius 3 is 2.67 bits per heavy atom. The van der Waals surface area contributed by atoms with Crippen molar-refractivity contribution in [3.8, 4) is 0 Å². The van der Waals surface area contributed by atoms with Crippen molar-refractivity contribution in [2.75, 3.05) is 26.0 Å². The third-order valence-electron chi connectivity index (χ3n) is 5.34. The average molecular weight is 400 g/mol. The van der Waals surface area contributed by atoms with Gasteiger partial charge in [0.2, 0.25) is 5.91 Å². The van der Waals surface area contributed by atoms with Gasteiger partial charge >= 0.3 is 12.0 Å². The van der Waals surface area contributed by atoms with Gasteiger partial charge in [-0.1, -0.05) is 12.8 Å². The van der Waals surface area contributed by atoms with Gasteiger partial charge in [0.1, 0.15) is 0 Å². The van der Waals surface area contributed by atoms with Crippen molar-refractivity contribution in [2.24, 2.45) is 0 Å². The molecule has 7 nitrogen and oxygen atoms in total. The number of thioether (sulfide) groups is 1. The number of carbonyl (C=O) groups is 3. The molecule has 0 aliphatic carbocycles. The molecule has 0 bridgehead atoms. The lowest BCUT2D eigenvalue weighted by atomic mass is 10.0. The molecule has 0 unspecified atom stereocenters. The van der Waals surface area contributed by atoms with Crippen LogP contribution in [-0.4, -0.2) is 66.1 Å². The fourth-order valence-corrected chi connectivity index (χ4v) is 5.28. The van der Waals surface area contributed by atoms with E-state index in [2.05, 4.69) is 15.4 Å². The van der Waals surface area contributed by atoms with Crippen molar-refractivity contribution < 1.29 is 19.1 Å². The first-order valence-electron chi connectivity index (χ1n) is 10.1. The second kappa shape index (κ2) is 11.4. The van der Waals surface area contributed by atoms with Crippen molar-refractivity contribution in [1.29, 1.82) is 0 Å². The van der Waals surface area contributed by atoms with Crippen LogP contribution in [0.15, 0.2) is 0 Å². The molecule has 3 atom stereocenters. The first kappa shape index (κ1) is 21.9. The number of nitrogens with zero attached hydrogens (tertiary/aromatic N) is 1. The monoisotopic (exact) mass is 399 g/mol. The predicted molar refractivity (Wildman–Crippen MR) is 107 cm³/mol. The van der Waals surface area contributed by atoms with Crippen molar-refractivity contribution >= 4 is 29.7 Å². The SMILES string of the molecule is CCN(CCCCCC(=O)OC)C(=O)CCCC[C@@H]1SC[C@@H]2NC(=O)N[C@@H]21. The Balaban J connectivity index is 1.55. The normalized spacial score (nSPS) is 23.5. The largest absolute Gasteiger partial charge is 0.469 e. The predicted octanol–water partition coefficient (Wildman–Crippen LogP) is 2.29. The maximum atomic E-state index is 12.4. The number of amides is 3. The summed E-state index contributed by atoms with van der Waals surface area (Å²) in [7, 11) is 1.41. The van der Waals surface area contributed by atoms with E-state index in [9.17, 15) is 14.4 Å². The Bertz CT molecular complexity index is 517. The van der Waals surface area contributed by atoms with E-state index in [-0.39, 0.29) is 30.0 Å². The number of methoxy groups -OCH3 is 1. The third kappa shape index (κ3) is 6.90. The molecule has 0 aromatic rings. The smallest absolute Gasteiger partial charge is 0.315 e. The molecule has 8 heteroatoms. The molecule has 2 N–H and O–H groups in total. The van der Waals surface area contributed by atoms with Crippen molar-refractivity contribution in [3.05, 3.63) is 0 Å². The molecule has 2 aliphatic rings. The van der Waals surface area contributed by atoms with Gasteiger partial charge in [0.05, 0.1) is 19.2 Å². The van der Waals surface area contributed by atoms with Gasteiger partial charge in [0, 0.05) is 36.9 Å². The Morgan fingerprint density at radius 2 is 1.93 bits per heavy atom. The molecule has 2 rings (SSSR count). The molecule has 0 aromatic carbocycles. The van der Waals surface area contributed by atoms with Crippen molar-refractivity contribution in [2.45, 2.75) is 75.6 Å². The minimum Gasteiger partial charge on any atom is -0.469 e. The molecule has 2 fully saturated rings. The van der Waals surface area contributed by atoms with Crippen LogP contribution in [0.3, 0.4) is 0 Å². The van der Waals surface area contributed by atoms with Crippen molar-refractivity contribution in [3.63, 3.8) is 0 Å². The van der Waals surface area contributed by atoms with E-state index in [4.69, 9.17) is 0 Å². The van der Waals surface area contributed by atoms with Gasteiger partial charge in [-0.3, -0.25) is 9.59 Å². The molecule has 0 spiro atoms. The zero-order valence-corrected chi connectivity index (χ0v) is 17.3. The topological polar surface area (TPSA) is 87.7 Å². The Kier molecular flexibility index (Phi) is 9.24. The molecular weight excluding hydrogens is 366 g/mol. The summed E-state index contributed by atoms with van der Waals surface area (Å²) >= 11 is 1.92. The Labute approximate surface area is 166 Å². The lowest BCUT2D eigenvalue weighted by Crippen LogP contribution is -2.36. The number of carbonyl (C=O) groups excluding carboxylic acids is 3. The lowest BCUT2D eigenvalue weighted by Gasteiger charge is -2.21. The molecule has 2 aliphatic heterocycles. The number of hydrogen-bond acceptors (Lipinski definition) is 5. The molecule has 3 amide bonds. The fraction of sp³-hybridized carbons (Fsp3) is 0.842. The number of esters is 1. The van der Waals surface area contributed by atoms with Crippen LogP contribution < -0.4 is 10.6 Å². The van der Waals surface area contributed by atoms with E-state index in [1.807, 2.05) is 23.6 Å². The van der Waals surface area contributed by atoms with Crippen LogP contribution in [0.2, 0.25) is 0 Å². The molecule has 2 heterocycles. The summed E-state index contributed by atoms with van der Waals surface area (Å²) in [5.41, 5.74) is 0. The lowest BCUT2D eigenvalue weighted by molar-refractivity contribution is -0.140. The molecule has 2 saturated heterocycles. The molecular formula is C19H33N3O4S. The van der Waals surface area contributed by atoms with Crippen LogP contribution in [0.4, 0.5) is 4.79 Å². The van der Waals surface area contributed by atoms with E-state index in [0.29, 0.717) is 18.1 Å². The van der Waals surface area contributed by atoms with E-state index in [1.54, 1.807) is 0 Å². The Hall–Kier alpha value is -1.44. The summed E-state index contributed by atoms with van der Waals surface area (Å²) in [6.07, 6.45) is 6.66. The van der Waals surface area contributed by atoms with E-state index < -0.39 is 0 Å². The summed E-state index contributed by atoms with van der Waals surface area (Å²) in [6.45, 7) is 3.50. The van der Waals surface area contributed by atoms with Crippen LogP contribution in [0.1, 0.15) is 58.3 Å². The molecule has 0 aromatic heterocycles. The van der Waals surface area contributed by atoms with Gasteiger partial charge in [-0.2, -0.15) is 11.8 Å². The van der Waals surface area contributed by atoms with Crippen LogP contribution in [0, 0.1) is 0 Å². The highest BCUT2D eigenvalue weighted by atomic mass is 32.2. The minimum atomic E-state index is -0.168. The maximum absolute atomic E-state index is 12.4. The van der Waals surface area contributed by atoms with Crippen molar-refractivity contribution in [1.82, 2.24) is 15.5 Å². The number of fused-ring (bicyclic) bond motifs is 1. The van der Waals surface area contributed by atoms with E-state index in [0.717, 1.165) is 57.4 Å². The summed E-state index contributed by atoms with van der Waals surface area (Å²) < 4.78 is 4.63. The second-order valence-corrected chi connectivity index (χ2v) is 8.50. The van der Waals surface area contributed by atoms with Crippen LogP contribution >= 0.6 is 11.8 Å². The summed E-state index contributed by atoms with van der Waals surface area (Å²) in [5.74, 6) is 1.03. The van der Waals surface area contributed by atoms with Gasteiger partial charge in [0.25, 0.3) is 0 Å². The number of urea groups is 1. The van der Waals surface area contributed by atoms with E-state index >= 15 is 0 Å². The zero-order valence-electron chi connectivity index (χ0n) is 16.5. The number of ether oxygens (including phenoxy) is 1. The minimum absolute atomic E-state index is 0.0457. The summed E-state index contributed by atoms with van der Waals surface area (Å²) in [4.78, 5) is 36.8. The van der Waals surface area contributed by atoms with Gasteiger partial charge < -0.3 is 20.3 Å². The maximum Gasteiger partial charge on any atom is 0.315 e. The average Bonchev–Trinajstić information content (AvgIpc) is 3.20. The Morgan fingerprint density at radius 1 is 1.15 bits per heavy atom. The molecule has 0 radical (unpaired) electrons. The highest BCUT2D eigenvalue weighted by Crippen LogP contribution is 2.33.